The van der Waals surface area contributed by atoms with Crippen molar-refractivity contribution in [1.82, 2.24) is 10.3 Å². The molecule has 2 rings (SSSR count). The van der Waals surface area contributed by atoms with E-state index < -0.39 is 0 Å². The van der Waals surface area contributed by atoms with Gasteiger partial charge in [0.1, 0.15) is 5.69 Å². The van der Waals surface area contributed by atoms with Crippen LogP contribution in [0, 0.1) is 0 Å². The Morgan fingerprint density at radius 3 is 2.57 bits per heavy atom. The predicted molar refractivity (Wildman–Crippen MR) is 79.4 cm³/mol. The van der Waals surface area contributed by atoms with Crippen molar-refractivity contribution in [2.45, 2.75) is 6.54 Å². The summed E-state index contributed by atoms with van der Waals surface area (Å²) < 4.78 is 0. The van der Waals surface area contributed by atoms with Gasteiger partial charge in [0.25, 0.3) is 5.91 Å². The summed E-state index contributed by atoms with van der Waals surface area (Å²) in [4.78, 5) is 15.8. The van der Waals surface area contributed by atoms with Crippen LogP contribution in [0.4, 0.5) is 0 Å². The summed E-state index contributed by atoms with van der Waals surface area (Å²) in [7, 11) is 0. The van der Waals surface area contributed by atoms with E-state index in [9.17, 15) is 4.79 Å². The van der Waals surface area contributed by atoms with Crippen LogP contribution in [0.1, 0.15) is 21.6 Å². The minimum Gasteiger partial charge on any atom is -0.409 e. The van der Waals surface area contributed by atoms with Crippen molar-refractivity contribution in [3.05, 3.63) is 64.4 Å². The van der Waals surface area contributed by atoms with Crippen LogP contribution in [0.25, 0.3) is 0 Å². The largest absolute Gasteiger partial charge is 0.409 e. The van der Waals surface area contributed by atoms with Crippen molar-refractivity contribution in [3.63, 3.8) is 0 Å². The quantitative estimate of drug-likeness (QED) is 0.347. The Bertz CT molecular complexity index is 654. The number of carbonyl (C=O) groups excluding carboxylic acids is 1. The molecular formula is C14H13ClN4O2. The molecule has 0 saturated carbocycles. The lowest BCUT2D eigenvalue weighted by molar-refractivity contribution is 0.0946. The SMILES string of the molecule is NC(=NO)c1ccc(CNC(=O)c2ccc(Cl)cn2)cc1. The Morgan fingerprint density at radius 2 is 2.00 bits per heavy atom. The van der Waals surface area contributed by atoms with Crippen LogP contribution in [-0.2, 0) is 6.54 Å². The molecule has 0 aliphatic rings. The second-order valence-electron chi connectivity index (χ2n) is 4.23. The van der Waals surface area contributed by atoms with Crippen LogP contribution in [0.5, 0.6) is 0 Å². The van der Waals surface area contributed by atoms with E-state index in [2.05, 4.69) is 15.5 Å². The fourth-order valence-corrected chi connectivity index (χ4v) is 1.75. The van der Waals surface area contributed by atoms with Crippen molar-refractivity contribution in [1.29, 1.82) is 0 Å². The van der Waals surface area contributed by atoms with Gasteiger partial charge < -0.3 is 16.3 Å². The third-order valence-corrected chi connectivity index (χ3v) is 2.99. The number of aromatic nitrogens is 1. The predicted octanol–water partition coefficient (Wildman–Crippen LogP) is 1.76. The number of nitrogens with two attached hydrogens (primary N) is 1. The topological polar surface area (TPSA) is 101 Å². The fourth-order valence-electron chi connectivity index (χ4n) is 1.63. The van der Waals surface area contributed by atoms with Gasteiger partial charge in [-0.2, -0.15) is 0 Å². The standard InChI is InChI=1S/C14H13ClN4O2/c15-11-5-6-12(17-8-11)14(20)18-7-9-1-3-10(4-2-9)13(16)19-21/h1-6,8,21H,7H2,(H2,16,19)(H,18,20). The molecule has 0 aliphatic heterocycles. The van der Waals surface area contributed by atoms with Gasteiger partial charge in [0, 0.05) is 18.3 Å². The van der Waals surface area contributed by atoms with Gasteiger partial charge in [-0.05, 0) is 17.7 Å². The first-order valence-corrected chi connectivity index (χ1v) is 6.44. The van der Waals surface area contributed by atoms with Gasteiger partial charge in [-0.25, -0.2) is 4.98 Å². The maximum absolute atomic E-state index is 11.9. The number of hydrogen-bond donors (Lipinski definition) is 3. The number of hydrogen-bond acceptors (Lipinski definition) is 4. The molecule has 0 radical (unpaired) electrons. The molecule has 0 atom stereocenters. The highest BCUT2D eigenvalue weighted by molar-refractivity contribution is 6.30. The van der Waals surface area contributed by atoms with Gasteiger partial charge in [0.2, 0.25) is 0 Å². The average molecular weight is 305 g/mol. The number of rotatable bonds is 4. The maximum Gasteiger partial charge on any atom is 0.270 e. The van der Waals surface area contributed by atoms with Crippen molar-refractivity contribution in [3.8, 4) is 0 Å². The number of nitrogens with zero attached hydrogens (tertiary/aromatic N) is 2. The Hall–Kier alpha value is -2.60. The fraction of sp³-hybridized carbons (Fsp3) is 0.0714. The molecule has 21 heavy (non-hydrogen) atoms. The van der Waals surface area contributed by atoms with Crippen LogP contribution in [-0.4, -0.2) is 21.9 Å². The lowest BCUT2D eigenvalue weighted by Crippen LogP contribution is -2.23. The van der Waals surface area contributed by atoms with E-state index in [-0.39, 0.29) is 11.7 Å². The first-order valence-electron chi connectivity index (χ1n) is 6.07. The number of amides is 1. The lowest BCUT2D eigenvalue weighted by atomic mass is 10.1. The molecule has 0 fully saturated rings. The van der Waals surface area contributed by atoms with Crippen LogP contribution in [0.15, 0.2) is 47.8 Å². The Balaban J connectivity index is 1.96. The number of oxime groups is 1. The average Bonchev–Trinajstić information content (AvgIpc) is 2.53. The maximum atomic E-state index is 11.9. The molecule has 1 aromatic heterocycles. The molecule has 1 aromatic carbocycles. The first-order chi connectivity index (χ1) is 10.1. The molecule has 1 heterocycles. The van der Waals surface area contributed by atoms with E-state index in [4.69, 9.17) is 22.5 Å². The highest BCUT2D eigenvalue weighted by Crippen LogP contribution is 2.07. The molecule has 0 unspecified atom stereocenters. The summed E-state index contributed by atoms with van der Waals surface area (Å²) in [6.07, 6.45) is 1.42. The van der Waals surface area contributed by atoms with E-state index in [1.165, 1.54) is 6.20 Å². The van der Waals surface area contributed by atoms with Crippen LogP contribution >= 0.6 is 11.6 Å². The second-order valence-corrected chi connectivity index (χ2v) is 4.66. The van der Waals surface area contributed by atoms with E-state index in [0.29, 0.717) is 22.8 Å². The van der Waals surface area contributed by atoms with Gasteiger partial charge in [-0.1, -0.05) is 41.0 Å². The molecule has 0 saturated heterocycles. The molecule has 0 aliphatic carbocycles. The highest BCUT2D eigenvalue weighted by atomic mass is 35.5. The molecule has 1 amide bonds. The van der Waals surface area contributed by atoms with Gasteiger partial charge in [-0.3, -0.25) is 4.79 Å². The number of halogens is 1. The number of nitrogens with one attached hydrogen (secondary N) is 1. The number of benzene rings is 1. The van der Waals surface area contributed by atoms with E-state index in [0.717, 1.165) is 5.56 Å². The minimum atomic E-state index is -0.285. The Labute approximate surface area is 126 Å². The zero-order valence-electron chi connectivity index (χ0n) is 11.0. The van der Waals surface area contributed by atoms with Gasteiger partial charge in [0.15, 0.2) is 5.84 Å². The normalized spacial score (nSPS) is 11.2. The zero-order valence-corrected chi connectivity index (χ0v) is 11.7. The number of amidine groups is 1. The van der Waals surface area contributed by atoms with Crippen molar-refractivity contribution < 1.29 is 10.0 Å². The third-order valence-electron chi connectivity index (χ3n) is 2.77. The lowest BCUT2D eigenvalue weighted by Gasteiger charge is -2.06. The molecule has 0 spiro atoms. The first kappa shape index (κ1) is 14.8. The highest BCUT2D eigenvalue weighted by Gasteiger charge is 2.06. The summed E-state index contributed by atoms with van der Waals surface area (Å²) in [6, 6.07) is 10.1. The molecule has 7 heteroatoms. The van der Waals surface area contributed by atoms with Gasteiger partial charge in [0.05, 0.1) is 5.02 Å². The summed E-state index contributed by atoms with van der Waals surface area (Å²) in [5.41, 5.74) is 7.25. The summed E-state index contributed by atoms with van der Waals surface area (Å²) in [5, 5.41) is 14.7. The van der Waals surface area contributed by atoms with Crippen LogP contribution in [0.2, 0.25) is 5.02 Å². The van der Waals surface area contributed by atoms with E-state index in [1.807, 2.05) is 0 Å². The van der Waals surface area contributed by atoms with Gasteiger partial charge >= 0.3 is 0 Å². The van der Waals surface area contributed by atoms with Crippen LogP contribution in [0.3, 0.4) is 0 Å². The van der Waals surface area contributed by atoms with E-state index >= 15 is 0 Å². The molecular weight excluding hydrogens is 292 g/mol. The monoisotopic (exact) mass is 304 g/mol. The summed E-state index contributed by atoms with van der Waals surface area (Å²) >= 11 is 5.71. The van der Waals surface area contributed by atoms with Crippen molar-refractivity contribution in [2.24, 2.45) is 10.9 Å². The van der Waals surface area contributed by atoms with Crippen molar-refractivity contribution in [2.75, 3.05) is 0 Å². The Morgan fingerprint density at radius 1 is 1.29 bits per heavy atom. The van der Waals surface area contributed by atoms with Crippen LogP contribution < -0.4 is 11.1 Å². The molecule has 4 N–H and O–H groups in total. The minimum absolute atomic E-state index is 0.0379. The second kappa shape index (κ2) is 6.71. The number of carbonyl (C=O) groups is 1. The smallest absolute Gasteiger partial charge is 0.270 e. The zero-order chi connectivity index (χ0) is 15.2. The van der Waals surface area contributed by atoms with Gasteiger partial charge in [-0.15, -0.1) is 0 Å². The third kappa shape index (κ3) is 3.93. The molecule has 0 bridgehead atoms. The van der Waals surface area contributed by atoms with E-state index in [1.54, 1.807) is 36.4 Å². The van der Waals surface area contributed by atoms with Crippen molar-refractivity contribution >= 4 is 23.3 Å². The molecule has 6 nitrogen and oxygen atoms in total. The molecule has 108 valence electrons. The molecule has 2 aromatic rings. The summed E-state index contributed by atoms with van der Waals surface area (Å²) in [5.74, 6) is -0.247. The Kier molecular flexibility index (Phi) is 4.73. The summed E-state index contributed by atoms with van der Waals surface area (Å²) in [6.45, 7) is 0.347. The number of pyridine rings is 1.